The molecule has 1 heterocycles. The Morgan fingerprint density at radius 2 is 2.09 bits per heavy atom. The Kier molecular flexibility index (Phi) is 5.92. The molecule has 2 aromatic rings. The second-order valence-corrected chi connectivity index (χ2v) is 6.48. The first-order valence-corrected chi connectivity index (χ1v) is 8.08. The fourth-order valence-electron chi connectivity index (χ4n) is 2.07. The number of carbonyl (C=O) groups excluding carboxylic acids is 1. The lowest BCUT2D eigenvalue weighted by Gasteiger charge is -2.14. The summed E-state index contributed by atoms with van der Waals surface area (Å²) in [5, 5.41) is 7.87. The van der Waals surface area contributed by atoms with E-state index in [-0.39, 0.29) is 16.8 Å². The van der Waals surface area contributed by atoms with Crippen LogP contribution in [0.15, 0.2) is 28.7 Å². The van der Waals surface area contributed by atoms with Crippen molar-refractivity contribution in [2.75, 3.05) is 13.6 Å². The molecule has 1 amide bonds. The van der Waals surface area contributed by atoms with Gasteiger partial charge in [0.05, 0.1) is 7.05 Å². The molecule has 2 N–H and O–H groups in total. The SMILES string of the molecule is CC(C)NC(=O)C[NH+](C)Cn1nc(-c2ccc(Cl)cc2)oc1=S. The fraction of sp³-hybridized carbons (Fsp3) is 0.400. The van der Waals surface area contributed by atoms with Gasteiger partial charge < -0.3 is 14.6 Å². The average molecular weight is 356 g/mol. The molecule has 1 aromatic carbocycles. The number of amides is 1. The predicted molar refractivity (Wildman–Crippen MR) is 90.8 cm³/mol. The number of carbonyl (C=O) groups is 1. The van der Waals surface area contributed by atoms with E-state index in [9.17, 15) is 4.79 Å². The molecule has 0 aliphatic carbocycles. The molecule has 0 aliphatic rings. The third-order valence-corrected chi connectivity index (χ3v) is 3.58. The van der Waals surface area contributed by atoms with Crippen LogP contribution in [0, 0.1) is 4.84 Å². The molecule has 23 heavy (non-hydrogen) atoms. The number of nitrogens with zero attached hydrogens (tertiary/aromatic N) is 2. The zero-order chi connectivity index (χ0) is 17.0. The van der Waals surface area contributed by atoms with Crippen molar-refractivity contribution >= 4 is 29.7 Å². The molecule has 0 bridgehead atoms. The van der Waals surface area contributed by atoms with Gasteiger partial charge in [-0.3, -0.25) is 4.79 Å². The van der Waals surface area contributed by atoms with Crippen LogP contribution < -0.4 is 10.2 Å². The number of aromatic nitrogens is 2. The lowest BCUT2D eigenvalue weighted by Crippen LogP contribution is -3.09. The lowest BCUT2D eigenvalue weighted by atomic mass is 10.2. The van der Waals surface area contributed by atoms with E-state index < -0.39 is 0 Å². The molecular weight excluding hydrogens is 336 g/mol. The van der Waals surface area contributed by atoms with Crippen LogP contribution in [0.4, 0.5) is 0 Å². The number of quaternary nitrogens is 1. The zero-order valence-corrected chi connectivity index (χ0v) is 14.9. The van der Waals surface area contributed by atoms with Gasteiger partial charge in [-0.25, -0.2) is 0 Å². The Labute approximate surface area is 145 Å². The first kappa shape index (κ1) is 17.7. The lowest BCUT2D eigenvalue weighted by molar-refractivity contribution is -0.895. The summed E-state index contributed by atoms with van der Waals surface area (Å²) in [4.78, 5) is 13.0. The largest absolute Gasteiger partial charge is 0.409 e. The number of benzene rings is 1. The Hall–Kier alpha value is -1.70. The molecule has 0 spiro atoms. The van der Waals surface area contributed by atoms with Crippen LogP contribution in [0.3, 0.4) is 0 Å². The summed E-state index contributed by atoms with van der Waals surface area (Å²) in [6, 6.07) is 7.30. The number of rotatable bonds is 6. The first-order valence-electron chi connectivity index (χ1n) is 7.29. The summed E-state index contributed by atoms with van der Waals surface area (Å²) in [5.41, 5.74) is 0.800. The van der Waals surface area contributed by atoms with Gasteiger partial charge in [0.1, 0.15) is 0 Å². The van der Waals surface area contributed by atoms with E-state index >= 15 is 0 Å². The van der Waals surface area contributed by atoms with Gasteiger partial charge in [0.15, 0.2) is 13.2 Å². The highest BCUT2D eigenvalue weighted by Gasteiger charge is 2.14. The second-order valence-electron chi connectivity index (χ2n) is 5.69. The summed E-state index contributed by atoms with van der Waals surface area (Å²) >= 11 is 11.1. The molecular formula is C15H20ClN4O2S+. The highest BCUT2D eigenvalue weighted by molar-refractivity contribution is 7.71. The Bertz CT molecular complexity index is 724. The van der Waals surface area contributed by atoms with Crippen LogP contribution in [0.2, 0.25) is 5.02 Å². The van der Waals surface area contributed by atoms with Crippen LogP contribution in [0.1, 0.15) is 13.8 Å². The van der Waals surface area contributed by atoms with E-state index in [1.165, 1.54) is 0 Å². The quantitative estimate of drug-likeness (QED) is 0.771. The van der Waals surface area contributed by atoms with E-state index in [1.807, 2.05) is 33.0 Å². The van der Waals surface area contributed by atoms with Gasteiger partial charge in [0, 0.05) is 16.6 Å². The summed E-state index contributed by atoms with van der Waals surface area (Å²) in [5.74, 6) is 0.427. The van der Waals surface area contributed by atoms with Gasteiger partial charge in [-0.05, 0) is 50.3 Å². The molecule has 0 aliphatic heterocycles. The molecule has 8 heteroatoms. The van der Waals surface area contributed by atoms with Crippen LogP contribution in [0.5, 0.6) is 0 Å². The number of halogens is 1. The van der Waals surface area contributed by atoms with Crippen LogP contribution in [-0.4, -0.2) is 35.3 Å². The minimum Gasteiger partial charge on any atom is -0.409 e. The molecule has 124 valence electrons. The molecule has 0 fully saturated rings. The molecule has 1 unspecified atom stereocenters. The van der Waals surface area contributed by atoms with Gasteiger partial charge in [-0.1, -0.05) is 11.6 Å². The van der Waals surface area contributed by atoms with Crippen molar-refractivity contribution in [3.63, 3.8) is 0 Å². The summed E-state index contributed by atoms with van der Waals surface area (Å²) in [6.45, 7) is 4.64. The Morgan fingerprint density at radius 3 is 2.70 bits per heavy atom. The normalized spacial score (nSPS) is 12.4. The highest BCUT2D eigenvalue weighted by atomic mass is 35.5. The number of hydrogen-bond acceptors (Lipinski definition) is 4. The van der Waals surface area contributed by atoms with E-state index in [0.29, 0.717) is 24.1 Å². The van der Waals surface area contributed by atoms with E-state index in [4.69, 9.17) is 28.2 Å². The minimum absolute atomic E-state index is 0.00885. The molecule has 1 atom stereocenters. The van der Waals surface area contributed by atoms with Crippen molar-refractivity contribution < 1.29 is 14.1 Å². The highest BCUT2D eigenvalue weighted by Crippen LogP contribution is 2.19. The predicted octanol–water partition coefficient (Wildman–Crippen LogP) is 1.52. The van der Waals surface area contributed by atoms with Gasteiger partial charge in [-0.15, -0.1) is 5.10 Å². The van der Waals surface area contributed by atoms with E-state index in [2.05, 4.69) is 10.4 Å². The zero-order valence-electron chi connectivity index (χ0n) is 13.3. The fourth-order valence-corrected chi connectivity index (χ4v) is 2.38. The van der Waals surface area contributed by atoms with Crippen molar-refractivity contribution in [3.05, 3.63) is 34.1 Å². The van der Waals surface area contributed by atoms with E-state index in [1.54, 1.807) is 16.8 Å². The van der Waals surface area contributed by atoms with Crippen LogP contribution in [0.25, 0.3) is 11.5 Å². The van der Waals surface area contributed by atoms with E-state index in [0.717, 1.165) is 10.5 Å². The maximum Gasteiger partial charge on any atom is 0.292 e. The van der Waals surface area contributed by atoms with Crippen molar-refractivity contribution in [2.45, 2.75) is 26.6 Å². The Balaban J connectivity index is 2.05. The van der Waals surface area contributed by atoms with Crippen molar-refractivity contribution in [1.29, 1.82) is 0 Å². The topological polar surface area (TPSA) is 64.5 Å². The van der Waals surface area contributed by atoms with Crippen molar-refractivity contribution in [2.24, 2.45) is 0 Å². The van der Waals surface area contributed by atoms with Gasteiger partial charge in [0.25, 0.3) is 10.7 Å². The molecule has 0 saturated carbocycles. The third-order valence-electron chi connectivity index (χ3n) is 3.03. The minimum atomic E-state index is -0.00885. The smallest absolute Gasteiger partial charge is 0.292 e. The third kappa shape index (κ3) is 5.16. The number of likely N-dealkylation sites (N-methyl/N-ethyl adjacent to an activating group) is 1. The standard InChI is InChI=1S/C15H19ClN4O2S/c1-10(2)17-13(21)8-19(3)9-20-15(23)22-14(18-20)11-4-6-12(16)7-5-11/h4-7,10H,8-9H2,1-3H3,(H,17,21)/p+1. The molecule has 0 saturated heterocycles. The number of nitrogens with one attached hydrogen (secondary N) is 2. The van der Waals surface area contributed by atoms with Crippen molar-refractivity contribution in [3.8, 4) is 11.5 Å². The van der Waals surface area contributed by atoms with Crippen molar-refractivity contribution in [1.82, 2.24) is 15.1 Å². The summed E-state index contributed by atoms with van der Waals surface area (Å²) in [7, 11) is 1.90. The van der Waals surface area contributed by atoms with Crippen LogP contribution >= 0.6 is 23.8 Å². The monoisotopic (exact) mass is 355 g/mol. The van der Waals surface area contributed by atoms with Gasteiger partial charge in [0.2, 0.25) is 5.89 Å². The average Bonchev–Trinajstić information content (AvgIpc) is 2.79. The van der Waals surface area contributed by atoms with Gasteiger partial charge in [-0.2, -0.15) is 4.68 Å². The number of hydrogen-bond donors (Lipinski definition) is 2. The maximum absolute atomic E-state index is 11.8. The molecule has 6 nitrogen and oxygen atoms in total. The van der Waals surface area contributed by atoms with Crippen LogP contribution in [-0.2, 0) is 11.5 Å². The first-order chi connectivity index (χ1) is 10.8. The molecule has 2 rings (SSSR count). The molecule has 1 aromatic heterocycles. The summed E-state index contributed by atoms with van der Waals surface area (Å²) < 4.78 is 7.10. The van der Waals surface area contributed by atoms with Gasteiger partial charge >= 0.3 is 0 Å². The summed E-state index contributed by atoms with van der Waals surface area (Å²) in [6.07, 6.45) is 0. The maximum atomic E-state index is 11.8. The second kappa shape index (κ2) is 7.72. The Morgan fingerprint density at radius 1 is 1.43 bits per heavy atom. The molecule has 0 radical (unpaired) electrons.